The zero-order valence-corrected chi connectivity index (χ0v) is 8.96. The van der Waals surface area contributed by atoms with Gasteiger partial charge in [0.05, 0.1) is 4.90 Å². The Hall–Kier alpha value is -0.840. The van der Waals surface area contributed by atoms with Crippen LogP contribution in [0.1, 0.15) is 0 Å². The molecule has 0 aromatic heterocycles. The van der Waals surface area contributed by atoms with E-state index in [-0.39, 0.29) is 0 Å². The fourth-order valence-electron chi connectivity index (χ4n) is 1.19. The van der Waals surface area contributed by atoms with E-state index < -0.39 is 22.0 Å². The third kappa shape index (κ3) is 1.97. The van der Waals surface area contributed by atoms with Gasteiger partial charge in [0.1, 0.15) is 0 Å². The molecule has 0 saturated heterocycles. The van der Waals surface area contributed by atoms with E-state index in [1.807, 2.05) is 12.2 Å². The van der Waals surface area contributed by atoms with E-state index in [1.165, 1.54) is 0 Å². The van der Waals surface area contributed by atoms with E-state index >= 15 is 0 Å². The molecule has 0 amide bonds. The van der Waals surface area contributed by atoms with Gasteiger partial charge in [-0.1, -0.05) is 18.2 Å². The zero-order valence-electron chi connectivity index (χ0n) is 7.25. The molecule has 1 N–H and O–H groups in total. The SMILES string of the molecule is O=S(O)c1cc[c]c([SH]2C=CC=C2)c1. The molecule has 0 aliphatic carbocycles. The molecule has 0 spiro atoms. The topological polar surface area (TPSA) is 37.3 Å². The average molecular weight is 225 g/mol. The molecule has 1 atom stereocenters. The van der Waals surface area contributed by atoms with Gasteiger partial charge in [-0.25, -0.2) is 4.21 Å². The standard InChI is InChI=1S/C10H9O2S2/c11-14(12)10-5-3-4-9(8-10)13-6-1-2-7-13/h1-3,5-8,13H,(H,11,12). The van der Waals surface area contributed by atoms with Gasteiger partial charge in [-0.15, -0.1) is 0 Å². The highest BCUT2D eigenvalue weighted by Gasteiger charge is 2.06. The molecule has 0 bridgehead atoms. The van der Waals surface area contributed by atoms with Crippen molar-refractivity contribution in [3.8, 4) is 0 Å². The van der Waals surface area contributed by atoms with Crippen LogP contribution in [0.25, 0.3) is 0 Å². The number of allylic oxidation sites excluding steroid dienone is 2. The molecule has 1 heterocycles. The molecule has 0 saturated carbocycles. The molecule has 4 heteroatoms. The van der Waals surface area contributed by atoms with Gasteiger partial charge in [0, 0.05) is 4.90 Å². The van der Waals surface area contributed by atoms with Crippen molar-refractivity contribution in [3.63, 3.8) is 0 Å². The summed E-state index contributed by atoms with van der Waals surface area (Å²) in [6.45, 7) is 0. The van der Waals surface area contributed by atoms with Crippen molar-refractivity contribution in [1.29, 1.82) is 0 Å². The summed E-state index contributed by atoms with van der Waals surface area (Å²) in [6, 6.07) is 8.13. The molecule has 0 fully saturated rings. The maximum atomic E-state index is 10.8. The molecule has 1 aliphatic rings. The Labute approximate surface area is 88.0 Å². The average Bonchev–Trinajstić information content (AvgIpc) is 2.71. The van der Waals surface area contributed by atoms with E-state index in [2.05, 4.69) is 16.9 Å². The highest BCUT2D eigenvalue weighted by Crippen LogP contribution is 2.41. The van der Waals surface area contributed by atoms with Crippen molar-refractivity contribution in [1.82, 2.24) is 0 Å². The number of benzene rings is 1. The van der Waals surface area contributed by atoms with Crippen LogP contribution in [0.4, 0.5) is 0 Å². The third-order valence-corrected chi connectivity index (χ3v) is 4.30. The van der Waals surface area contributed by atoms with E-state index in [0.29, 0.717) is 4.90 Å². The van der Waals surface area contributed by atoms with Crippen molar-refractivity contribution in [2.45, 2.75) is 9.79 Å². The van der Waals surface area contributed by atoms with Crippen LogP contribution in [0, 0.1) is 6.07 Å². The Kier molecular flexibility index (Phi) is 2.86. The first-order valence-electron chi connectivity index (χ1n) is 4.03. The molecule has 1 aliphatic heterocycles. The molecule has 2 nitrogen and oxygen atoms in total. The van der Waals surface area contributed by atoms with Gasteiger partial charge in [0.25, 0.3) is 0 Å². The highest BCUT2D eigenvalue weighted by molar-refractivity contribution is 8.22. The van der Waals surface area contributed by atoms with Crippen molar-refractivity contribution in [3.05, 3.63) is 47.2 Å². The fraction of sp³-hybridized carbons (Fsp3) is 0. The summed E-state index contributed by atoms with van der Waals surface area (Å²) in [6.07, 6.45) is 3.98. The Bertz CT molecular complexity index is 412. The Morgan fingerprint density at radius 3 is 2.71 bits per heavy atom. The lowest BCUT2D eigenvalue weighted by molar-refractivity contribution is 0.564. The van der Waals surface area contributed by atoms with Crippen LogP contribution in [-0.4, -0.2) is 8.76 Å². The molecule has 1 aromatic rings. The number of hydrogen-bond donors (Lipinski definition) is 2. The van der Waals surface area contributed by atoms with Crippen LogP contribution < -0.4 is 0 Å². The van der Waals surface area contributed by atoms with E-state index in [9.17, 15) is 4.21 Å². The second-order valence-corrected chi connectivity index (χ2v) is 5.61. The molecular formula is C10H9O2S2. The maximum absolute atomic E-state index is 10.8. The van der Waals surface area contributed by atoms with Crippen LogP contribution in [-0.2, 0) is 11.1 Å². The summed E-state index contributed by atoms with van der Waals surface area (Å²) < 4.78 is 19.8. The minimum Gasteiger partial charge on any atom is -0.302 e. The quantitative estimate of drug-likeness (QED) is 0.599. The molecule has 14 heavy (non-hydrogen) atoms. The van der Waals surface area contributed by atoms with E-state index in [1.54, 1.807) is 18.2 Å². The molecule has 1 unspecified atom stereocenters. The molecule has 1 aromatic carbocycles. The summed E-state index contributed by atoms with van der Waals surface area (Å²) in [7, 11) is -0.443. The van der Waals surface area contributed by atoms with E-state index in [4.69, 9.17) is 4.55 Å². The van der Waals surface area contributed by atoms with Crippen LogP contribution in [0.5, 0.6) is 0 Å². The summed E-state index contributed by atoms with van der Waals surface area (Å²) in [5, 5.41) is 4.18. The number of hydrogen-bond acceptors (Lipinski definition) is 1. The van der Waals surface area contributed by atoms with Gasteiger partial charge >= 0.3 is 0 Å². The first-order chi connectivity index (χ1) is 6.77. The molecule has 2 rings (SSSR count). The lowest BCUT2D eigenvalue weighted by atomic mass is 10.4. The molecular weight excluding hydrogens is 216 g/mol. The Morgan fingerprint density at radius 1 is 1.36 bits per heavy atom. The molecule has 1 radical (unpaired) electrons. The van der Waals surface area contributed by atoms with Gasteiger partial charge in [0.15, 0.2) is 11.1 Å². The summed E-state index contributed by atoms with van der Waals surface area (Å²) >= 11 is -1.90. The number of thiol groups is 1. The van der Waals surface area contributed by atoms with E-state index in [0.717, 1.165) is 4.90 Å². The minimum atomic E-state index is -1.90. The van der Waals surface area contributed by atoms with Crippen molar-refractivity contribution in [2.75, 3.05) is 0 Å². The monoisotopic (exact) mass is 225 g/mol. The van der Waals surface area contributed by atoms with Crippen LogP contribution in [0.3, 0.4) is 0 Å². The predicted molar refractivity (Wildman–Crippen MR) is 59.8 cm³/mol. The second kappa shape index (κ2) is 4.13. The fourth-order valence-corrected chi connectivity index (χ4v) is 3.18. The van der Waals surface area contributed by atoms with Crippen LogP contribution >= 0.6 is 10.9 Å². The largest absolute Gasteiger partial charge is 0.302 e. The number of rotatable bonds is 2. The van der Waals surface area contributed by atoms with Gasteiger partial charge in [0.2, 0.25) is 0 Å². The maximum Gasteiger partial charge on any atom is 0.186 e. The Balaban J connectivity index is 2.35. The van der Waals surface area contributed by atoms with Crippen molar-refractivity contribution < 1.29 is 8.76 Å². The normalized spacial score (nSPS) is 18.8. The van der Waals surface area contributed by atoms with Gasteiger partial charge in [-0.3, -0.25) is 0 Å². The lowest BCUT2D eigenvalue weighted by Crippen LogP contribution is -1.88. The molecule has 73 valence electrons. The predicted octanol–water partition coefficient (Wildman–Crippen LogP) is 2.47. The third-order valence-electron chi connectivity index (χ3n) is 1.84. The van der Waals surface area contributed by atoms with Crippen LogP contribution in [0.2, 0.25) is 0 Å². The lowest BCUT2D eigenvalue weighted by Gasteiger charge is -2.09. The highest BCUT2D eigenvalue weighted by atomic mass is 32.2. The second-order valence-electron chi connectivity index (χ2n) is 2.75. The van der Waals surface area contributed by atoms with Gasteiger partial charge in [-0.2, -0.15) is 10.9 Å². The smallest absolute Gasteiger partial charge is 0.186 e. The summed E-state index contributed by atoms with van der Waals surface area (Å²) in [4.78, 5) is 1.43. The zero-order chi connectivity index (χ0) is 9.97. The minimum absolute atomic E-state index is 0.440. The first-order valence-corrected chi connectivity index (χ1v) is 6.62. The summed E-state index contributed by atoms with van der Waals surface area (Å²) in [5.74, 6) is 0. The van der Waals surface area contributed by atoms with Crippen molar-refractivity contribution in [2.24, 2.45) is 0 Å². The van der Waals surface area contributed by atoms with Crippen molar-refractivity contribution >= 4 is 22.0 Å². The van der Waals surface area contributed by atoms with Gasteiger partial charge < -0.3 is 4.55 Å². The first kappa shape index (κ1) is 9.71. The van der Waals surface area contributed by atoms with Crippen LogP contribution in [0.15, 0.2) is 51.0 Å². The van der Waals surface area contributed by atoms with Gasteiger partial charge in [-0.05, 0) is 29.0 Å². The Morgan fingerprint density at radius 2 is 2.07 bits per heavy atom. The summed E-state index contributed by atoms with van der Waals surface area (Å²) in [5.41, 5.74) is 0.